The molecule has 0 spiro atoms. The van der Waals surface area contributed by atoms with Crippen molar-refractivity contribution in [1.82, 2.24) is 10.9 Å². The zero-order valence-corrected chi connectivity index (χ0v) is 14.6. The molecule has 0 aliphatic heterocycles. The Morgan fingerprint density at radius 2 is 1.56 bits per heavy atom. The number of ether oxygens (including phenoxy) is 1. The van der Waals surface area contributed by atoms with E-state index in [1.54, 1.807) is 36.4 Å². The molecule has 3 aromatic carbocycles. The Kier molecular flexibility index (Phi) is 6.18. The maximum Gasteiger partial charge on any atom is 0.265 e. The molecule has 0 aliphatic rings. The van der Waals surface area contributed by atoms with Gasteiger partial charge in [0.2, 0.25) is 0 Å². The number of benzene rings is 3. The summed E-state index contributed by atoms with van der Waals surface area (Å²) in [5.74, 6) is 0.422. The second-order valence-electron chi connectivity index (χ2n) is 5.87. The molecule has 0 radical (unpaired) electrons. The summed E-state index contributed by atoms with van der Waals surface area (Å²) < 4.78 is 5.74. The van der Waals surface area contributed by atoms with Gasteiger partial charge in [0, 0.05) is 5.56 Å². The lowest BCUT2D eigenvalue weighted by atomic mass is 10.1. The van der Waals surface area contributed by atoms with Crippen molar-refractivity contribution in [2.24, 2.45) is 0 Å². The van der Waals surface area contributed by atoms with Crippen LogP contribution in [0, 0.1) is 11.3 Å². The van der Waals surface area contributed by atoms with Crippen molar-refractivity contribution < 1.29 is 9.53 Å². The van der Waals surface area contributed by atoms with E-state index in [0.29, 0.717) is 17.9 Å². The third-order valence-corrected chi connectivity index (χ3v) is 3.96. The van der Waals surface area contributed by atoms with Gasteiger partial charge in [-0.3, -0.25) is 10.2 Å². The van der Waals surface area contributed by atoms with Gasteiger partial charge in [0.15, 0.2) is 0 Å². The number of hydrazine groups is 1. The number of nitrogens with zero attached hydrogens (tertiary/aromatic N) is 1. The Morgan fingerprint density at radius 1 is 0.926 bits per heavy atom. The van der Waals surface area contributed by atoms with Gasteiger partial charge in [-0.25, -0.2) is 5.43 Å². The summed E-state index contributed by atoms with van der Waals surface area (Å²) in [6.45, 7) is 0.479. The molecule has 1 atom stereocenters. The molecular formula is C22H19N3O2. The first kappa shape index (κ1) is 18.2. The zero-order chi connectivity index (χ0) is 18.9. The van der Waals surface area contributed by atoms with Crippen molar-refractivity contribution in [3.63, 3.8) is 0 Å². The summed E-state index contributed by atoms with van der Waals surface area (Å²) in [6, 6.07) is 27.4. The topological polar surface area (TPSA) is 74.2 Å². The highest BCUT2D eigenvalue weighted by Crippen LogP contribution is 2.18. The number of hydrogen-bond acceptors (Lipinski definition) is 4. The summed E-state index contributed by atoms with van der Waals surface area (Å²) in [6.07, 6.45) is 0. The third-order valence-electron chi connectivity index (χ3n) is 3.96. The quantitative estimate of drug-likeness (QED) is 0.631. The minimum atomic E-state index is -0.666. The predicted octanol–water partition coefficient (Wildman–Crippen LogP) is 3.76. The first-order valence-electron chi connectivity index (χ1n) is 8.53. The molecule has 2 N–H and O–H groups in total. The molecule has 1 amide bonds. The van der Waals surface area contributed by atoms with Crippen LogP contribution in [0.5, 0.6) is 5.75 Å². The number of nitriles is 1. The largest absolute Gasteiger partial charge is 0.489 e. The van der Waals surface area contributed by atoms with Gasteiger partial charge in [0.25, 0.3) is 5.91 Å². The number of hydrogen-bond donors (Lipinski definition) is 2. The molecular weight excluding hydrogens is 338 g/mol. The van der Waals surface area contributed by atoms with E-state index in [2.05, 4.69) is 16.9 Å². The number of amides is 1. The van der Waals surface area contributed by atoms with E-state index in [9.17, 15) is 10.1 Å². The van der Waals surface area contributed by atoms with Crippen molar-refractivity contribution in [1.29, 1.82) is 5.26 Å². The Bertz CT molecular complexity index is 904. The van der Waals surface area contributed by atoms with Gasteiger partial charge in [-0.1, -0.05) is 60.7 Å². The Balaban J connectivity index is 1.56. The van der Waals surface area contributed by atoms with Crippen LogP contribution in [0.2, 0.25) is 0 Å². The van der Waals surface area contributed by atoms with E-state index >= 15 is 0 Å². The molecule has 0 aromatic heterocycles. The average Bonchev–Trinajstić information content (AvgIpc) is 2.74. The molecule has 3 rings (SSSR count). The Labute approximate surface area is 158 Å². The van der Waals surface area contributed by atoms with Crippen molar-refractivity contribution in [3.8, 4) is 11.8 Å². The van der Waals surface area contributed by atoms with Crippen molar-refractivity contribution >= 4 is 5.91 Å². The van der Waals surface area contributed by atoms with Crippen molar-refractivity contribution in [3.05, 3.63) is 102 Å². The molecule has 0 saturated carbocycles. The minimum Gasteiger partial charge on any atom is -0.489 e. The third kappa shape index (κ3) is 5.18. The maximum atomic E-state index is 12.1. The van der Waals surface area contributed by atoms with E-state index in [1.807, 2.05) is 48.5 Å². The molecule has 5 nitrogen and oxygen atoms in total. The maximum absolute atomic E-state index is 12.1. The fourth-order valence-corrected chi connectivity index (χ4v) is 2.49. The van der Waals surface area contributed by atoms with Crippen LogP contribution < -0.4 is 15.6 Å². The summed E-state index contributed by atoms with van der Waals surface area (Å²) in [7, 11) is 0. The Hall–Kier alpha value is -3.62. The Morgan fingerprint density at radius 3 is 2.19 bits per heavy atom. The second kappa shape index (κ2) is 9.18. The van der Waals surface area contributed by atoms with Crippen molar-refractivity contribution in [2.45, 2.75) is 12.6 Å². The fourth-order valence-electron chi connectivity index (χ4n) is 2.49. The molecule has 0 bridgehead atoms. The first-order valence-corrected chi connectivity index (χ1v) is 8.53. The van der Waals surface area contributed by atoms with Crippen LogP contribution in [0.3, 0.4) is 0 Å². The zero-order valence-electron chi connectivity index (χ0n) is 14.6. The number of nitrogens with one attached hydrogen (secondary N) is 2. The summed E-state index contributed by atoms with van der Waals surface area (Å²) in [5, 5.41) is 9.39. The van der Waals surface area contributed by atoms with Crippen LogP contribution in [0.25, 0.3) is 0 Å². The highest BCUT2D eigenvalue weighted by molar-refractivity contribution is 5.93. The standard InChI is InChI=1S/C22H19N3O2/c23-15-21(24-25-22(26)19-9-5-2-6-10-19)18-11-13-20(14-12-18)27-16-17-7-3-1-4-8-17/h1-14,21,24H,16H2,(H,25,26). The number of carbonyl (C=O) groups is 1. The van der Waals surface area contributed by atoms with Gasteiger partial charge >= 0.3 is 0 Å². The van der Waals surface area contributed by atoms with Gasteiger partial charge in [0.1, 0.15) is 18.4 Å². The van der Waals surface area contributed by atoms with Gasteiger partial charge in [-0.05, 0) is 35.4 Å². The summed E-state index contributed by atoms with van der Waals surface area (Å²) in [5.41, 5.74) is 7.67. The van der Waals surface area contributed by atoms with Gasteiger partial charge < -0.3 is 4.74 Å². The van der Waals surface area contributed by atoms with Crippen LogP contribution in [-0.2, 0) is 6.61 Å². The average molecular weight is 357 g/mol. The molecule has 0 fully saturated rings. The molecule has 27 heavy (non-hydrogen) atoms. The fraction of sp³-hybridized carbons (Fsp3) is 0.0909. The van der Waals surface area contributed by atoms with Crippen LogP contribution in [0.1, 0.15) is 27.5 Å². The molecule has 3 aromatic rings. The number of rotatable bonds is 7. The van der Waals surface area contributed by atoms with E-state index < -0.39 is 6.04 Å². The normalized spacial score (nSPS) is 11.2. The molecule has 1 unspecified atom stereocenters. The molecule has 134 valence electrons. The second-order valence-corrected chi connectivity index (χ2v) is 5.87. The SMILES string of the molecule is N#CC(NNC(=O)c1ccccc1)c1ccc(OCc2ccccc2)cc1. The van der Waals surface area contributed by atoms with E-state index in [4.69, 9.17) is 4.74 Å². The summed E-state index contributed by atoms with van der Waals surface area (Å²) in [4.78, 5) is 12.1. The van der Waals surface area contributed by atoms with E-state index in [0.717, 1.165) is 11.1 Å². The van der Waals surface area contributed by atoms with E-state index in [1.165, 1.54) is 0 Å². The van der Waals surface area contributed by atoms with Gasteiger partial charge in [0.05, 0.1) is 6.07 Å². The lowest BCUT2D eigenvalue weighted by Gasteiger charge is -2.14. The highest BCUT2D eigenvalue weighted by Gasteiger charge is 2.12. The molecule has 0 aliphatic carbocycles. The molecule has 5 heteroatoms. The van der Waals surface area contributed by atoms with Gasteiger partial charge in [-0.15, -0.1) is 0 Å². The lowest BCUT2D eigenvalue weighted by Crippen LogP contribution is -2.39. The molecule has 0 heterocycles. The summed E-state index contributed by atoms with van der Waals surface area (Å²) >= 11 is 0. The predicted molar refractivity (Wildman–Crippen MR) is 103 cm³/mol. The van der Waals surface area contributed by atoms with Crippen LogP contribution in [-0.4, -0.2) is 5.91 Å². The van der Waals surface area contributed by atoms with Crippen LogP contribution in [0.4, 0.5) is 0 Å². The van der Waals surface area contributed by atoms with Gasteiger partial charge in [-0.2, -0.15) is 5.26 Å². The molecule has 0 saturated heterocycles. The number of carbonyl (C=O) groups excluding carboxylic acids is 1. The van der Waals surface area contributed by atoms with E-state index in [-0.39, 0.29) is 5.91 Å². The smallest absolute Gasteiger partial charge is 0.265 e. The van der Waals surface area contributed by atoms with Crippen molar-refractivity contribution in [2.75, 3.05) is 0 Å². The van der Waals surface area contributed by atoms with Crippen LogP contribution >= 0.6 is 0 Å². The highest BCUT2D eigenvalue weighted by atomic mass is 16.5. The monoisotopic (exact) mass is 357 g/mol. The lowest BCUT2D eigenvalue weighted by molar-refractivity contribution is 0.0929. The first-order chi connectivity index (χ1) is 13.3. The minimum absolute atomic E-state index is 0.293. The van der Waals surface area contributed by atoms with Crippen LogP contribution in [0.15, 0.2) is 84.9 Å².